The van der Waals surface area contributed by atoms with E-state index in [4.69, 9.17) is 0 Å². The minimum absolute atomic E-state index is 0.0508. The molecule has 1 aromatic heterocycles. The highest BCUT2D eigenvalue weighted by molar-refractivity contribution is 5.81. The van der Waals surface area contributed by atoms with Crippen LogP contribution < -0.4 is 10.6 Å². The van der Waals surface area contributed by atoms with Crippen molar-refractivity contribution < 1.29 is 15.0 Å². The minimum Gasteiger partial charge on any atom is -0.396 e. The van der Waals surface area contributed by atoms with Gasteiger partial charge in [0.05, 0.1) is 24.4 Å². The summed E-state index contributed by atoms with van der Waals surface area (Å²) in [6.45, 7) is 6.04. The predicted molar refractivity (Wildman–Crippen MR) is 113 cm³/mol. The fourth-order valence-electron chi connectivity index (χ4n) is 5.05. The fourth-order valence-corrected chi connectivity index (χ4v) is 5.05. The van der Waals surface area contributed by atoms with Gasteiger partial charge in [-0.25, -0.2) is 0 Å². The maximum atomic E-state index is 13.1. The highest BCUT2D eigenvalue weighted by atomic mass is 16.3. The number of rotatable bonds is 4. The zero-order valence-corrected chi connectivity index (χ0v) is 18.2. The highest BCUT2D eigenvalue weighted by Gasteiger charge is 2.48. The molecule has 0 saturated carbocycles. The number of carbonyl (C=O) groups excluding carboxylic acids is 1. The van der Waals surface area contributed by atoms with Crippen molar-refractivity contribution in [2.45, 2.75) is 57.0 Å². The molecule has 8 heteroatoms. The summed E-state index contributed by atoms with van der Waals surface area (Å²) in [6.07, 6.45) is 4.52. The molecule has 4 atom stereocenters. The normalized spacial score (nSPS) is 31.6. The molecule has 4 rings (SSSR count). The van der Waals surface area contributed by atoms with Crippen molar-refractivity contribution in [1.29, 1.82) is 0 Å². The fraction of sp³-hybridized carbons (Fsp3) is 0.727. The SMILES string of the molecule is CN1CNC2CC(c3ccc(C(C)(C)O)nc3)NC(N3CCC(CO)CC3)C2C1=O. The number of amides is 1. The van der Waals surface area contributed by atoms with Crippen molar-refractivity contribution in [3.8, 4) is 0 Å². The van der Waals surface area contributed by atoms with Gasteiger partial charge in [-0.3, -0.25) is 25.3 Å². The van der Waals surface area contributed by atoms with Crippen molar-refractivity contribution in [1.82, 2.24) is 25.4 Å². The van der Waals surface area contributed by atoms with E-state index in [1.807, 2.05) is 25.4 Å². The number of pyridine rings is 1. The molecule has 3 aliphatic rings. The third kappa shape index (κ3) is 4.24. The number of piperidine rings is 2. The number of nitrogens with zero attached hydrogens (tertiary/aromatic N) is 3. The van der Waals surface area contributed by atoms with Gasteiger partial charge in [-0.15, -0.1) is 0 Å². The lowest BCUT2D eigenvalue weighted by molar-refractivity contribution is -0.146. The third-order valence-electron chi connectivity index (χ3n) is 7.00. The second kappa shape index (κ2) is 8.51. The van der Waals surface area contributed by atoms with Crippen molar-refractivity contribution in [3.05, 3.63) is 29.6 Å². The zero-order chi connectivity index (χ0) is 21.5. The summed E-state index contributed by atoms with van der Waals surface area (Å²) in [5.41, 5.74) is 0.755. The van der Waals surface area contributed by atoms with Crippen LogP contribution in [0.4, 0.5) is 0 Å². The zero-order valence-electron chi connectivity index (χ0n) is 18.2. The molecule has 3 saturated heterocycles. The standard InChI is InChI=1S/C22H35N5O3/c1-22(2,30)18-5-4-15(11-23-18)16-10-17-19(21(29)26(3)13-24-17)20(25-16)27-8-6-14(12-28)7-9-27/h4-5,11,14,16-17,19-20,24-25,28,30H,6-10,12-13H2,1-3H3. The molecule has 3 aliphatic heterocycles. The van der Waals surface area contributed by atoms with Crippen molar-refractivity contribution in [3.63, 3.8) is 0 Å². The molecule has 0 radical (unpaired) electrons. The number of hydrogen-bond acceptors (Lipinski definition) is 7. The van der Waals surface area contributed by atoms with Crippen LogP contribution in [0.3, 0.4) is 0 Å². The van der Waals surface area contributed by atoms with Crippen molar-refractivity contribution in [2.24, 2.45) is 11.8 Å². The number of carbonyl (C=O) groups is 1. The molecule has 166 valence electrons. The third-order valence-corrected chi connectivity index (χ3v) is 7.00. The molecule has 1 aromatic rings. The maximum absolute atomic E-state index is 13.1. The Morgan fingerprint density at radius 3 is 2.60 bits per heavy atom. The smallest absolute Gasteiger partial charge is 0.230 e. The minimum atomic E-state index is -0.967. The number of likely N-dealkylation sites (tertiary alicyclic amines) is 1. The molecule has 3 fully saturated rings. The van der Waals surface area contributed by atoms with E-state index in [0.29, 0.717) is 18.3 Å². The molecular weight excluding hydrogens is 382 g/mol. The van der Waals surface area contributed by atoms with E-state index in [2.05, 4.69) is 20.5 Å². The summed E-state index contributed by atoms with van der Waals surface area (Å²) in [6, 6.07) is 4.11. The van der Waals surface area contributed by atoms with E-state index in [1.54, 1.807) is 18.7 Å². The summed E-state index contributed by atoms with van der Waals surface area (Å²) >= 11 is 0. The molecule has 0 bridgehead atoms. The van der Waals surface area contributed by atoms with Gasteiger partial charge in [0.15, 0.2) is 0 Å². The van der Waals surface area contributed by atoms with Crippen LogP contribution in [0.2, 0.25) is 0 Å². The number of aliphatic hydroxyl groups excluding tert-OH is 1. The quantitative estimate of drug-likeness (QED) is 0.562. The molecule has 0 aliphatic carbocycles. The van der Waals surface area contributed by atoms with Crippen molar-refractivity contribution >= 4 is 5.91 Å². The Kier molecular flexibility index (Phi) is 6.14. The summed E-state index contributed by atoms with van der Waals surface area (Å²) in [5, 5.41) is 27.0. The Hall–Kier alpha value is -1.58. The monoisotopic (exact) mass is 417 g/mol. The van der Waals surface area contributed by atoms with E-state index < -0.39 is 5.60 Å². The largest absolute Gasteiger partial charge is 0.396 e. The van der Waals surface area contributed by atoms with Gasteiger partial charge < -0.3 is 15.1 Å². The first-order valence-electron chi connectivity index (χ1n) is 11.1. The number of nitrogens with one attached hydrogen (secondary N) is 2. The predicted octanol–water partition coefficient (Wildman–Crippen LogP) is 0.378. The van der Waals surface area contributed by atoms with Crippen LogP contribution in [-0.4, -0.2) is 76.5 Å². The van der Waals surface area contributed by atoms with Gasteiger partial charge in [-0.1, -0.05) is 6.07 Å². The molecule has 8 nitrogen and oxygen atoms in total. The van der Waals surface area contributed by atoms with Gasteiger partial charge in [-0.2, -0.15) is 0 Å². The van der Waals surface area contributed by atoms with Gasteiger partial charge in [0.1, 0.15) is 5.60 Å². The Labute approximate surface area is 178 Å². The molecule has 1 amide bonds. The lowest BCUT2D eigenvalue weighted by Crippen LogP contribution is -2.69. The van der Waals surface area contributed by atoms with Crippen LogP contribution >= 0.6 is 0 Å². The van der Waals surface area contributed by atoms with E-state index in [-0.39, 0.29) is 36.7 Å². The first-order valence-corrected chi connectivity index (χ1v) is 11.1. The average Bonchev–Trinajstić information content (AvgIpc) is 2.75. The summed E-state index contributed by atoms with van der Waals surface area (Å²) in [4.78, 5) is 21.7. The molecule has 4 N–H and O–H groups in total. The van der Waals surface area contributed by atoms with Crippen LogP contribution in [0, 0.1) is 11.8 Å². The number of hydrogen-bond donors (Lipinski definition) is 4. The van der Waals surface area contributed by atoms with E-state index in [0.717, 1.165) is 37.9 Å². The lowest BCUT2D eigenvalue weighted by Gasteiger charge is -2.51. The average molecular weight is 418 g/mol. The molecule has 0 aromatic carbocycles. The van der Waals surface area contributed by atoms with Crippen molar-refractivity contribution in [2.75, 3.05) is 33.4 Å². The number of aromatic nitrogens is 1. The highest BCUT2D eigenvalue weighted by Crippen LogP contribution is 2.35. The second-order valence-corrected chi connectivity index (χ2v) is 9.63. The van der Waals surface area contributed by atoms with Crippen LogP contribution in [0.15, 0.2) is 18.3 Å². The van der Waals surface area contributed by atoms with Crippen LogP contribution in [0.25, 0.3) is 0 Å². The van der Waals surface area contributed by atoms with Crippen LogP contribution in [0.1, 0.15) is 50.4 Å². The van der Waals surface area contributed by atoms with Gasteiger partial charge in [0, 0.05) is 31.9 Å². The number of aliphatic hydroxyl groups is 2. The summed E-state index contributed by atoms with van der Waals surface area (Å²) in [5.74, 6) is 0.418. The molecule has 4 unspecified atom stereocenters. The van der Waals surface area contributed by atoms with Gasteiger partial charge in [0.25, 0.3) is 0 Å². The maximum Gasteiger partial charge on any atom is 0.230 e. The van der Waals surface area contributed by atoms with E-state index in [1.165, 1.54) is 0 Å². The second-order valence-electron chi connectivity index (χ2n) is 9.63. The molecular formula is C22H35N5O3. The first-order chi connectivity index (χ1) is 14.3. The van der Waals surface area contributed by atoms with Gasteiger partial charge in [0.2, 0.25) is 5.91 Å². The Morgan fingerprint density at radius 2 is 2.00 bits per heavy atom. The first kappa shape index (κ1) is 21.6. The Bertz CT molecular complexity index is 742. The lowest BCUT2D eigenvalue weighted by atomic mass is 9.81. The van der Waals surface area contributed by atoms with Gasteiger partial charge >= 0.3 is 0 Å². The Morgan fingerprint density at radius 1 is 1.27 bits per heavy atom. The van der Waals surface area contributed by atoms with E-state index in [9.17, 15) is 15.0 Å². The molecule has 30 heavy (non-hydrogen) atoms. The van der Waals surface area contributed by atoms with Gasteiger partial charge in [-0.05, 0) is 63.7 Å². The molecule has 4 heterocycles. The van der Waals surface area contributed by atoms with E-state index >= 15 is 0 Å². The topological polar surface area (TPSA) is 101 Å². The summed E-state index contributed by atoms with van der Waals surface area (Å²) < 4.78 is 0. The number of fused-ring (bicyclic) bond motifs is 1. The van der Waals surface area contributed by atoms with Crippen LogP contribution in [0.5, 0.6) is 0 Å². The Balaban J connectivity index is 1.57. The van der Waals surface area contributed by atoms with Crippen LogP contribution in [-0.2, 0) is 10.4 Å². The molecule has 0 spiro atoms. The summed E-state index contributed by atoms with van der Waals surface area (Å²) in [7, 11) is 1.85.